The third-order valence-corrected chi connectivity index (χ3v) is 6.09. The Balaban J connectivity index is 2.29. The number of fused-ring (bicyclic) bond motifs is 2. The number of aromatic nitrogens is 2. The monoisotopic (exact) mass is 398 g/mol. The molecular formula is C23H34N4O2. The Bertz CT molecular complexity index is 928. The lowest BCUT2D eigenvalue weighted by Gasteiger charge is -2.24. The van der Waals surface area contributed by atoms with Gasteiger partial charge in [-0.25, -0.2) is 9.88 Å². The molecule has 158 valence electrons. The molecule has 6 nitrogen and oxygen atoms in total. The number of anilines is 1. The topological polar surface area (TPSA) is 58.4 Å². The van der Waals surface area contributed by atoms with Gasteiger partial charge in [0, 0.05) is 37.2 Å². The van der Waals surface area contributed by atoms with E-state index in [4.69, 9.17) is 4.98 Å². The smallest absolute Gasteiger partial charge is 0.230 e. The zero-order valence-electron chi connectivity index (χ0n) is 18.8. The molecule has 2 aromatic heterocycles. The van der Waals surface area contributed by atoms with E-state index in [1.807, 2.05) is 0 Å². The van der Waals surface area contributed by atoms with Gasteiger partial charge in [-0.15, -0.1) is 0 Å². The number of pyridine rings is 1. The fourth-order valence-electron chi connectivity index (χ4n) is 4.57. The van der Waals surface area contributed by atoms with Crippen molar-refractivity contribution < 1.29 is 9.59 Å². The summed E-state index contributed by atoms with van der Waals surface area (Å²) in [5.74, 6) is -0.456. The predicted octanol–water partition coefficient (Wildman–Crippen LogP) is 3.77. The quantitative estimate of drug-likeness (QED) is 0.720. The number of rotatable bonds is 5. The Morgan fingerprint density at radius 2 is 1.69 bits per heavy atom. The van der Waals surface area contributed by atoms with Gasteiger partial charge in [0.2, 0.25) is 11.8 Å². The van der Waals surface area contributed by atoms with E-state index in [0.29, 0.717) is 0 Å². The number of carbonyl (C=O) groups is 2. The van der Waals surface area contributed by atoms with E-state index in [-0.39, 0.29) is 11.8 Å². The van der Waals surface area contributed by atoms with E-state index >= 15 is 0 Å². The van der Waals surface area contributed by atoms with Gasteiger partial charge in [-0.1, -0.05) is 6.42 Å². The summed E-state index contributed by atoms with van der Waals surface area (Å²) in [6, 6.07) is 0. The van der Waals surface area contributed by atoms with Crippen LogP contribution in [-0.2, 0) is 29.0 Å². The van der Waals surface area contributed by atoms with Crippen LogP contribution in [0, 0.1) is 13.8 Å². The van der Waals surface area contributed by atoms with E-state index in [0.717, 1.165) is 85.2 Å². The van der Waals surface area contributed by atoms with Crippen molar-refractivity contribution in [3.05, 3.63) is 22.5 Å². The molecule has 0 spiro atoms. The van der Waals surface area contributed by atoms with Crippen LogP contribution < -0.4 is 4.90 Å². The lowest BCUT2D eigenvalue weighted by Crippen LogP contribution is -2.34. The van der Waals surface area contributed by atoms with E-state index < -0.39 is 0 Å². The summed E-state index contributed by atoms with van der Waals surface area (Å²) < 4.78 is 2.28. The minimum atomic E-state index is -0.228. The van der Waals surface area contributed by atoms with Gasteiger partial charge in [0.05, 0.1) is 5.69 Å². The highest BCUT2D eigenvalue weighted by Crippen LogP contribution is 2.39. The third-order valence-electron chi connectivity index (χ3n) is 6.09. The second-order valence-electron chi connectivity index (χ2n) is 8.54. The fourth-order valence-corrected chi connectivity index (χ4v) is 4.57. The van der Waals surface area contributed by atoms with Crippen molar-refractivity contribution >= 4 is 28.5 Å². The van der Waals surface area contributed by atoms with Crippen LogP contribution >= 0.6 is 0 Å². The van der Waals surface area contributed by atoms with E-state index in [9.17, 15) is 9.59 Å². The second-order valence-corrected chi connectivity index (χ2v) is 8.54. The average Bonchev–Trinajstić information content (AvgIpc) is 2.80. The predicted molar refractivity (Wildman–Crippen MR) is 117 cm³/mol. The standard InChI is InChI=1S/C23H34N4O2/c1-15-16(2)26(14-10-13-25(5)6)23-21(15)22(27(17(3)28)18(4)29)19-11-8-7-9-12-20(19)24-23/h7-14H2,1-6H3. The molecule has 2 amide bonds. The number of carbonyl (C=O) groups excluding carboxylic acids is 2. The second kappa shape index (κ2) is 8.66. The van der Waals surface area contributed by atoms with Gasteiger partial charge in [0.25, 0.3) is 0 Å². The van der Waals surface area contributed by atoms with Gasteiger partial charge in [-0.05, 0) is 77.7 Å². The molecule has 2 heterocycles. The summed E-state index contributed by atoms with van der Waals surface area (Å²) >= 11 is 0. The van der Waals surface area contributed by atoms with Crippen LogP contribution in [0.5, 0.6) is 0 Å². The first-order valence-corrected chi connectivity index (χ1v) is 10.7. The number of hydrogen-bond donors (Lipinski definition) is 0. The van der Waals surface area contributed by atoms with E-state index in [1.165, 1.54) is 24.4 Å². The molecule has 0 atom stereocenters. The van der Waals surface area contributed by atoms with Crippen LogP contribution in [0.15, 0.2) is 0 Å². The van der Waals surface area contributed by atoms with Crippen molar-refractivity contribution in [1.29, 1.82) is 0 Å². The van der Waals surface area contributed by atoms with Crippen molar-refractivity contribution in [2.45, 2.75) is 72.8 Å². The normalized spacial score (nSPS) is 14.2. The molecule has 2 aromatic rings. The maximum absolute atomic E-state index is 12.5. The van der Waals surface area contributed by atoms with E-state index in [2.05, 4.69) is 37.4 Å². The summed E-state index contributed by atoms with van der Waals surface area (Å²) in [6.45, 7) is 9.04. The lowest BCUT2D eigenvalue weighted by molar-refractivity contribution is -0.124. The molecule has 6 heteroatoms. The van der Waals surface area contributed by atoms with Crippen LogP contribution in [0.1, 0.15) is 62.0 Å². The first kappa shape index (κ1) is 21.5. The molecule has 0 saturated heterocycles. The van der Waals surface area contributed by atoms with Crippen molar-refractivity contribution in [3.8, 4) is 0 Å². The molecule has 0 aromatic carbocycles. The zero-order valence-corrected chi connectivity index (χ0v) is 18.8. The van der Waals surface area contributed by atoms with Gasteiger partial charge >= 0.3 is 0 Å². The summed E-state index contributed by atoms with van der Waals surface area (Å²) in [4.78, 5) is 33.7. The highest BCUT2D eigenvalue weighted by atomic mass is 16.2. The van der Waals surface area contributed by atoms with Crippen molar-refractivity contribution in [1.82, 2.24) is 14.5 Å². The van der Waals surface area contributed by atoms with Crippen LogP contribution in [0.4, 0.5) is 5.69 Å². The number of amides is 2. The Hall–Kier alpha value is -2.21. The maximum atomic E-state index is 12.5. The van der Waals surface area contributed by atoms with Gasteiger partial charge in [0.1, 0.15) is 5.65 Å². The highest BCUT2D eigenvalue weighted by molar-refractivity contribution is 6.18. The van der Waals surface area contributed by atoms with Crippen LogP contribution in [0.25, 0.3) is 11.0 Å². The summed E-state index contributed by atoms with van der Waals surface area (Å²) in [5, 5.41) is 0.971. The number of nitrogens with zero attached hydrogens (tertiary/aromatic N) is 4. The Morgan fingerprint density at radius 1 is 1.03 bits per heavy atom. The molecule has 1 aliphatic carbocycles. The highest BCUT2D eigenvalue weighted by Gasteiger charge is 2.29. The van der Waals surface area contributed by atoms with Crippen LogP contribution in [0.3, 0.4) is 0 Å². The molecule has 0 N–H and O–H groups in total. The Morgan fingerprint density at radius 3 is 2.31 bits per heavy atom. The molecule has 1 aliphatic rings. The van der Waals surface area contributed by atoms with Gasteiger partial charge < -0.3 is 9.47 Å². The molecule has 0 aliphatic heterocycles. The molecule has 0 saturated carbocycles. The van der Waals surface area contributed by atoms with Crippen LogP contribution in [-0.4, -0.2) is 46.9 Å². The van der Waals surface area contributed by atoms with Crippen molar-refractivity contribution in [3.63, 3.8) is 0 Å². The molecule has 0 fully saturated rings. The Labute approximate surface area is 173 Å². The average molecular weight is 399 g/mol. The SMILES string of the molecule is CC(=O)N(C(C)=O)c1c2c(nc3c1c(C)c(C)n3CCCN(C)C)CCCCC2. The van der Waals surface area contributed by atoms with Crippen molar-refractivity contribution in [2.75, 3.05) is 25.5 Å². The zero-order chi connectivity index (χ0) is 21.3. The van der Waals surface area contributed by atoms with Gasteiger partial charge in [0.15, 0.2) is 0 Å². The number of hydrogen-bond acceptors (Lipinski definition) is 4. The van der Waals surface area contributed by atoms with Gasteiger partial charge in [-0.3, -0.25) is 9.59 Å². The molecule has 29 heavy (non-hydrogen) atoms. The number of aryl methyl sites for hydroxylation is 3. The minimum absolute atomic E-state index is 0.228. The van der Waals surface area contributed by atoms with Crippen molar-refractivity contribution in [2.24, 2.45) is 0 Å². The fraction of sp³-hybridized carbons (Fsp3) is 0.609. The molecule has 0 radical (unpaired) electrons. The third kappa shape index (κ3) is 4.08. The summed E-state index contributed by atoms with van der Waals surface area (Å²) in [7, 11) is 4.17. The molecular weight excluding hydrogens is 364 g/mol. The Kier molecular flexibility index (Phi) is 6.42. The van der Waals surface area contributed by atoms with E-state index in [1.54, 1.807) is 0 Å². The first-order chi connectivity index (χ1) is 13.7. The molecule has 0 unspecified atom stereocenters. The summed E-state index contributed by atoms with van der Waals surface area (Å²) in [5.41, 5.74) is 6.14. The largest absolute Gasteiger partial charge is 0.330 e. The lowest BCUT2D eigenvalue weighted by atomic mass is 10.0. The summed E-state index contributed by atoms with van der Waals surface area (Å²) in [6.07, 6.45) is 6.12. The first-order valence-electron chi connectivity index (χ1n) is 10.7. The maximum Gasteiger partial charge on any atom is 0.230 e. The van der Waals surface area contributed by atoms with Crippen LogP contribution in [0.2, 0.25) is 0 Å². The minimum Gasteiger partial charge on any atom is -0.330 e. The van der Waals surface area contributed by atoms with Gasteiger partial charge in [-0.2, -0.15) is 0 Å². The number of imide groups is 1. The molecule has 3 rings (SSSR count). The molecule has 0 bridgehead atoms.